The molecule has 1 aliphatic heterocycles. The van der Waals surface area contributed by atoms with Crippen LogP contribution in [0.25, 0.3) is 0 Å². The fourth-order valence-electron chi connectivity index (χ4n) is 2.66. The topological polar surface area (TPSA) is 32.7 Å². The molecule has 3 heteroatoms. The summed E-state index contributed by atoms with van der Waals surface area (Å²) in [6.45, 7) is 2.33. The van der Waals surface area contributed by atoms with E-state index in [1.807, 2.05) is 12.1 Å². The Hall–Kier alpha value is -1.06. The van der Waals surface area contributed by atoms with Gasteiger partial charge >= 0.3 is 0 Å². The molecule has 1 saturated heterocycles. The van der Waals surface area contributed by atoms with Crippen molar-refractivity contribution in [3.05, 3.63) is 29.8 Å². The minimum absolute atomic E-state index is 0.0450. The van der Waals surface area contributed by atoms with Crippen molar-refractivity contribution in [1.29, 1.82) is 0 Å². The van der Waals surface area contributed by atoms with Crippen molar-refractivity contribution in [2.24, 2.45) is 5.41 Å². The maximum atomic E-state index is 9.65. The molecule has 0 aliphatic carbocycles. The molecule has 0 aromatic heterocycles. The molecule has 1 aromatic carbocycles. The largest absolute Gasteiger partial charge is 0.497 e. The highest BCUT2D eigenvalue weighted by Gasteiger charge is 2.36. The summed E-state index contributed by atoms with van der Waals surface area (Å²) in [6, 6.07) is 8.15. The predicted molar refractivity (Wildman–Crippen MR) is 68.3 cm³/mol. The zero-order chi connectivity index (χ0) is 12.3. The van der Waals surface area contributed by atoms with Crippen molar-refractivity contribution in [1.82, 2.24) is 4.90 Å². The highest BCUT2D eigenvalue weighted by molar-refractivity contribution is 5.28. The smallest absolute Gasteiger partial charge is 0.118 e. The minimum Gasteiger partial charge on any atom is -0.497 e. The molecule has 0 spiro atoms. The maximum absolute atomic E-state index is 9.65. The fourth-order valence-corrected chi connectivity index (χ4v) is 2.66. The van der Waals surface area contributed by atoms with E-state index >= 15 is 0 Å². The van der Waals surface area contributed by atoms with Crippen LogP contribution in [0.2, 0.25) is 0 Å². The second kappa shape index (κ2) is 5.07. The minimum atomic E-state index is 0.0450. The SMILES string of the molecule is COc1ccc(CC2(CO)CCN(C)C2)cc1. The van der Waals surface area contributed by atoms with Gasteiger partial charge in [0.05, 0.1) is 13.7 Å². The molecular formula is C14H21NO2. The van der Waals surface area contributed by atoms with E-state index in [9.17, 15) is 5.11 Å². The number of rotatable bonds is 4. The number of hydrogen-bond acceptors (Lipinski definition) is 3. The third-order valence-electron chi connectivity index (χ3n) is 3.70. The summed E-state index contributed by atoms with van der Waals surface area (Å²) in [5.41, 5.74) is 1.32. The van der Waals surface area contributed by atoms with Gasteiger partial charge in [-0.1, -0.05) is 12.1 Å². The van der Waals surface area contributed by atoms with Crippen LogP contribution in [-0.4, -0.2) is 43.9 Å². The predicted octanol–water partition coefficient (Wildman–Crippen LogP) is 1.55. The molecule has 2 rings (SSSR count). The first-order valence-electron chi connectivity index (χ1n) is 6.10. The summed E-state index contributed by atoms with van der Waals surface area (Å²) >= 11 is 0. The molecule has 0 radical (unpaired) electrons. The fraction of sp³-hybridized carbons (Fsp3) is 0.571. The van der Waals surface area contributed by atoms with Crippen LogP contribution in [0.3, 0.4) is 0 Å². The van der Waals surface area contributed by atoms with Crippen LogP contribution in [0.4, 0.5) is 0 Å². The van der Waals surface area contributed by atoms with E-state index in [1.165, 1.54) is 5.56 Å². The molecule has 1 aromatic rings. The van der Waals surface area contributed by atoms with Gasteiger partial charge in [0, 0.05) is 12.0 Å². The zero-order valence-electron chi connectivity index (χ0n) is 10.6. The number of aliphatic hydroxyl groups excluding tert-OH is 1. The monoisotopic (exact) mass is 235 g/mol. The van der Waals surface area contributed by atoms with E-state index in [0.29, 0.717) is 0 Å². The van der Waals surface area contributed by atoms with Gasteiger partial charge in [0.15, 0.2) is 0 Å². The molecule has 1 heterocycles. The molecule has 0 saturated carbocycles. The van der Waals surface area contributed by atoms with Crippen molar-refractivity contribution in [3.8, 4) is 5.75 Å². The van der Waals surface area contributed by atoms with Gasteiger partial charge in [0.25, 0.3) is 0 Å². The van der Waals surface area contributed by atoms with Crippen LogP contribution >= 0.6 is 0 Å². The van der Waals surface area contributed by atoms with Crippen molar-refractivity contribution < 1.29 is 9.84 Å². The van der Waals surface area contributed by atoms with E-state index in [4.69, 9.17) is 4.74 Å². The maximum Gasteiger partial charge on any atom is 0.118 e. The Morgan fingerprint density at radius 2 is 2.06 bits per heavy atom. The van der Waals surface area contributed by atoms with E-state index in [1.54, 1.807) is 7.11 Å². The molecule has 1 N–H and O–H groups in total. The highest BCUT2D eigenvalue weighted by Crippen LogP contribution is 2.33. The second-order valence-corrected chi connectivity index (χ2v) is 5.17. The third kappa shape index (κ3) is 2.79. The van der Waals surface area contributed by atoms with Crippen LogP contribution in [0, 0.1) is 5.41 Å². The summed E-state index contributed by atoms with van der Waals surface area (Å²) in [4.78, 5) is 2.29. The lowest BCUT2D eigenvalue weighted by Gasteiger charge is -2.26. The summed E-state index contributed by atoms with van der Waals surface area (Å²) < 4.78 is 5.15. The van der Waals surface area contributed by atoms with E-state index in [0.717, 1.165) is 31.7 Å². The quantitative estimate of drug-likeness (QED) is 0.859. The standard InChI is InChI=1S/C14H21NO2/c1-15-8-7-14(10-15,11-16)9-12-3-5-13(17-2)6-4-12/h3-6,16H,7-11H2,1-2H3. The van der Waals surface area contributed by atoms with Crippen LogP contribution in [-0.2, 0) is 6.42 Å². The first-order valence-corrected chi connectivity index (χ1v) is 6.10. The summed E-state index contributed by atoms with van der Waals surface area (Å²) in [6.07, 6.45) is 2.02. The number of ether oxygens (including phenoxy) is 1. The second-order valence-electron chi connectivity index (χ2n) is 5.17. The Bertz CT molecular complexity index is 363. The summed E-state index contributed by atoms with van der Waals surface area (Å²) in [7, 11) is 3.79. The first kappa shape index (κ1) is 12.4. The van der Waals surface area contributed by atoms with Crippen LogP contribution < -0.4 is 4.74 Å². The number of nitrogens with zero attached hydrogens (tertiary/aromatic N) is 1. The summed E-state index contributed by atoms with van der Waals surface area (Å²) in [5, 5.41) is 9.65. The van der Waals surface area contributed by atoms with E-state index in [-0.39, 0.29) is 12.0 Å². The molecular weight excluding hydrogens is 214 g/mol. The number of benzene rings is 1. The Morgan fingerprint density at radius 3 is 2.53 bits per heavy atom. The van der Waals surface area contributed by atoms with Gasteiger partial charge in [-0.15, -0.1) is 0 Å². The molecule has 1 unspecified atom stereocenters. The average molecular weight is 235 g/mol. The van der Waals surface area contributed by atoms with E-state index in [2.05, 4.69) is 24.1 Å². The average Bonchev–Trinajstić information content (AvgIpc) is 2.72. The lowest BCUT2D eigenvalue weighted by atomic mass is 9.81. The van der Waals surface area contributed by atoms with Crippen molar-refractivity contribution >= 4 is 0 Å². The number of aliphatic hydroxyl groups is 1. The third-order valence-corrected chi connectivity index (χ3v) is 3.70. The number of likely N-dealkylation sites (tertiary alicyclic amines) is 1. The Kier molecular flexibility index (Phi) is 3.69. The van der Waals surface area contributed by atoms with Gasteiger partial charge in [0.1, 0.15) is 5.75 Å². The molecule has 1 fully saturated rings. The Labute approximate surface area is 103 Å². The van der Waals surface area contributed by atoms with Gasteiger partial charge in [0.2, 0.25) is 0 Å². The molecule has 17 heavy (non-hydrogen) atoms. The van der Waals surface area contributed by atoms with Gasteiger partial charge in [-0.3, -0.25) is 0 Å². The zero-order valence-corrected chi connectivity index (χ0v) is 10.6. The normalized spacial score (nSPS) is 25.1. The first-order chi connectivity index (χ1) is 8.17. The molecule has 94 valence electrons. The molecule has 0 bridgehead atoms. The lowest BCUT2D eigenvalue weighted by molar-refractivity contribution is 0.132. The Morgan fingerprint density at radius 1 is 1.35 bits per heavy atom. The van der Waals surface area contributed by atoms with Crippen LogP contribution in [0.1, 0.15) is 12.0 Å². The van der Waals surface area contributed by atoms with Gasteiger partial charge in [-0.05, 0) is 44.1 Å². The highest BCUT2D eigenvalue weighted by atomic mass is 16.5. The van der Waals surface area contributed by atoms with Gasteiger partial charge in [-0.2, -0.15) is 0 Å². The van der Waals surface area contributed by atoms with Gasteiger partial charge in [-0.25, -0.2) is 0 Å². The number of methoxy groups -OCH3 is 1. The molecule has 1 aliphatic rings. The van der Waals surface area contributed by atoms with E-state index < -0.39 is 0 Å². The van der Waals surface area contributed by atoms with Gasteiger partial charge < -0.3 is 14.7 Å². The number of hydrogen-bond donors (Lipinski definition) is 1. The van der Waals surface area contributed by atoms with Crippen molar-refractivity contribution in [3.63, 3.8) is 0 Å². The van der Waals surface area contributed by atoms with Crippen LogP contribution in [0.5, 0.6) is 5.75 Å². The van der Waals surface area contributed by atoms with Crippen molar-refractivity contribution in [2.75, 3.05) is 33.9 Å². The summed E-state index contributed by atoms with van der Waals surface area (Å²) in [5.74, 6) is 0.885. The van der Waals surface area contributed by atoms with Crippen molar-refractivity contribution in [2.45, 2.75) is 12.8 Å². The Balaban J connectivity index is 2.07. The molecule has 3 nitrogen and oxygen atoms in total. The molecule has 1 atom stereocenters. The van der Waals surface area contributed by atoms with Crippen LogP contribution in [0.15, 0.2) is 24.3 Å². The molecule has 0 amide bonds. The lowest BCUT2D eigenvalue weighted by Crippen LogP contribution is -2.31.